The fourth-order valence-electron chi connectivity index (χ4n) is 0.907. The van der Waals surface area contributed by atoms with Gasteiger partial charge in [0.05, 0.1) is 19.4 Å². The normalized spacial score (nSPS) is 9.87. The van der Waals surface area contributed by atoms with Gasteiger partial charge in [-0.05, 0) is 6.42 Å². The molecule has 0 atom stereocenters. The first-order chi connectivity index (χ1) is 7.34. The maximum atomic E-state index is 11.3. The molecule has 0 spiro atoms. The maximum absolute atomic E-state index is 11.3. The van der Waals surface area contributed by atoms with Crippen LogP contribution < -0.4 is 5.32 Å². The highest BCUT2D eigenvalue weighted by Crippen LogP contribution is 1.87. The molecule has 0 radical (unpaired) electrons. The van der Waals surface area contributed by atoms with Crippen LogP contribution in [-0.4, -0.2) is 41.1 Å². The third-order valence-electron chi connectivity index (χ3n) is 1.65. The van der Waals surface area contributed by atoms with Crippen molar-refractivity contribution >= 4 is 5.91 Å². The molecule has 82 valence electrons. The average Bonchev–Trinajstić information content (AvgIpc) is 2.76. The molecule has 6 nitrogen and oxygen atoms in total. The molecule has 0 aliphatic carbocycles. The highest BCUT2D eigenvalue weighted by Gasteiger charge is 2.06. The number of hydrogen-bond donors (Lipinski definition) is 2. The number of carbonyl (C=O) groups is 1. The molecule has 1 amide bonds. The van der Waals surface area contributed by atoms with Gasteiger partial charge in [-0.3, -0.25) is 4.79 Å². The summed E-state index contributed by atoms with van der Waals surface area (Å²) in [6.45, 7) is 5.15. The second-order valence-corrected chi connectivity index (χ2v) is 2.80. The van der Waals surface area contributed by atoms with Crippen LogP contribution in [0.3, 0.4) is 0 Å². The molecule has 1 aromatic heterocycles. The van der Waals surface area contributed by atoms with Crippen molar-refractivity contribution in [3.8, 4) is 0 Å². The molecule has 1 heterocycles. The quantitative estimate of drug-likeness (QED) is 0.495. The first-order valence-corrected chi connectivity index (χ1v) is 4.67. The van der Waals surface area contributed by atoms with Gasteiger partial charge in [-0.15, -0.1) is 6.58 Å². The summed E-state index contributed by atoms with van der Waals surface area (Å²) in [5.41, 5.74) is 0.279. The van der Waals surface area contributed by atoms with Crippen LogP contribution in [0.2, 0.25) is 0 Å². The Balaban J connectivity index is 2.05. The van der Waals surface area contributed by atoms with E-state index >= 15 is 0 Å². The predicted octanol–water partition coefficient (Wildman–Crippen LogP) is 0.127. The Morgan fingerprint density at radius 3 is 3.20 bits per heavy atom. The van der Waals surface area contributed by atoms with Crippen LogP contribution in [0.4, 0.5) is 0 Å². The topological polar surface area (TPSA) is 79.9 Å². The van der Waals surface area contributed by atoms with Crippen LogP contribution in [0.15, 0.2) is 18.9 Å². The van der Waals surface area contributed by atoms with Gasteiger partial charge in [0.1, 0.15) is 0 Å². The van der Waals surface area contributed by atoms with Crippen molar-refractivity contribution in [3.05, 3.63) is 24.5 Å². The monoisotopic (exact) mass is 210 g/mol. The van der Waals surface area contributed by atoms with Crippen molar-refractivity contribution in [2.45, 2.75) is 6.42 Å². The van der Waals surface area contributed by atoms with Gasteiger partial charge in [-0.2, -0.15) is 15.4 Å². The fourth-order valence-corrected chi connectivity index (χ4v) is 0.907. The van der Waals surface area contributed by atoms with Crippen molar-refractivity contribution in [1.29, 1.82) is 0 Å². The standard InChI is InChI=1S/C9H14N4O2/c1-2-3-5-15-6-4-10-9(14)8-7-11-13-12-8/h2,7H,1,3-6H2,(H,10,14)(H,11,12,13). The second-order valence-electron chi connectivity index (χ2n) is 2.80. The Morgan fingerprint density at radius 1 is 1.67 bits per heavy atom. The molecule has 0 aliphatic rings. The summed E-state index contributed by atoms with van der Waals surface area (Å²) in [4.78, 5) is 11.3. The molecule has 0 aromatic carbocycles. The largest absolute Gasteiger partial charge is 0.379 e. The van der Waals surface area contributed by atoms with E-state index in [0.29, 0.717) is 19.8 Å². The Hall–Kier alpha value is -1.69. The van der Waals surface area contributed by atoms with E-state index in [1.165, 1.54) is 6.20 Å². The van der Waals surface area contributed by atoms with Crippen molar-refractivity contribution in [3.63, 3.8) is 0 Å². The highest BCUT2D eigenvalue weighted by molar-refractivity contribution is 5.91. The SMILES string of the molecule is C=CCCOCCNC(=O)c1cn[nH]n1. The summed E-state index contributed by atoms with van der Waals surface area (Å²) < 4.78 is 5.21. The first kappa shape index (κ1) is 11.4. The van der Waals surface area contributed by atoms with Crippen molar-refractivity contribution < 1.29 is 9.53 Å². The summed E-state index contributed by atoms with van der Waals surface area (Å²) >= 11 is 0. The Kier molecular flexibility index (Phi) is 5.10. The van der Waals surface area contributed by atoms with Gasteiger partial charge < -0.3 is 10.1 Å². The zero-order chi connectivity index (χ0) is 10.9. The van der Waals surface area contributed by atoms with E-state index in [0.717, 1.165) is 6.42 Å². The molecule has 0 aliphatic heterocycles. The molecule has 0 fully saturated rings. The number of nitrogens with zero attached hydrogens (tertiary/aromatic N) is 2. The number of carbonyl (C=O) groups excluding carboxylic acids is 1. The van der Waals surface area contributed by atoms with Crippen LogP contribution in [0.25, 0.3) is 0 Å². The number of H-pyrrole nitrogens is 1. The summed E-state index contributed by atoms with van der Waals surface area (Å²) in [5, 5.41) is 12.2. The Morgan fingerprint density at radius 2 is 2.53 bits per heavy atom. The van der Waals surface area contributed by atoms with Gasteiger partial charge in [0.2, 0.25) is 0 Å². The summed E-state index contributed by atoms with van der Waals surface area (Å²) in [7, 11) is 0. The van der Waals surface area contributed by atoms with Crippen molar-refractivity contribution in [1.82, 2.24) is 20.7 Å². The lowest BCUT2D eigenvalue weighted by molar-refractivity contribution is 0.0913. The molecule has 0 bridgehead atoms. The highest BCUT2D eigenvalue weighted by atomic mass is 16.5. The number of amides is 1. The van der Waals surface area contributed by atoms with Gasteiger partial charge >= 0.3 is 0 Å². The molecule has 1 rings (SSSR count). The van der Waals surface area contributed by atoms with Gasteiger partial charge in [0.15, 0.2) is 5.69 Å². The van der Waals surface area contributed by atoms with Crippen molar-refractivity contribution in [2.24, 2.45) is 0 Å². The Labute approximate surface area is 87.7 Å². The molecular formula is C9H14N4O2. The number of hydrogen-bond acceptors (Lipinski definition) is 4. The lowest BCUT2D eigenvalue weighted by Crippen LogP contribution is -2.27. The van der Waals surface area contributed by atoms with Crippen LogP contribution in [0, 0.1) is 0 Å². The van der Waals surface area contributed by atoms with E-state index in [-0.39, 0.29) is 11.6 Å². The van der Waals surface area contributed by atoms with E-state index in [2.05, 4.69) is 27.3 Å². The van der Waals surface area contributed by atoms with Crippen LogP contribution in [-0.2, 0) is 4.74 Å². The maximum Gasteiger partial charge on any atom is 0.273 e. The number of nitrogens with one attached hydrogen (secondary N) is 2. The first-order valence-electron chi connectivity index (χ1n) is 4.67. The third-order valence-corrected chi connectivity index (χ3v) is 1.65. The summed E-state index contributed by atoms with van der Waals surface area (Å²) in [6.07, 6.45) is 3.97. The van der Waals surface area contributed by atoms with E-state index in [9.17, 15) is 4.79 Å². The minimum absolute atomic E-state index is 0.254. The number of aromatic amines is 1. The third kappa shape index (κ3) is 4.37. The predicted molar refractivity (Wildman–Crippen MR) is 54.3 cm³/mol. The van der Waals surface area contributed by atoms with E-state index in [1.807, 2.05) is 0 Å². The smallest absolute Gasteiger partial charge is 0.273 e. The molecule has 2 N–H and O–H groups in total. The summed E-state index contributed by atoms with van der Waals surface area (Å²) in [6, 6.07) is 0. The molecule has 1 aromatic rings. The van der Waals surface area contributed by atoms with Crippen LogP contribution in [0.5, 0.6) is 0 Å². The fraction of sp³-hybridized carbons (Fsp3) is 0.444. The van der Waals surface area contributed by atoms with Gasteiger partial charge in [0.25, 0.3) is 5.91 Å². The summed E-state index contributed by atoms with van der Waals surface area (Å²) in [5.74, 6) is -0.254. The molecule has 6 heteroatoms. The van der Waals surface area contributed by atoms with Gasteiger partial charge in [-0.1, -0.05) is 6.08 Å². The number of rotatable bonds is 7. The Bertz CT molecular complexity index is 297. The number of ether oxygens (including phenoxy) is 1. The minimum atomic E-state index is -0.254. The minimum Gasteiger partial charge on any atom is -0.379 e. The van der Waals surface area contributed by atoms with Crippen LogP contribution in [0.1, 0.15) is 16.9 Å². The van der Waals surface area contributed by atoms with Crippen molar-refractivity contribution in [2.75, 3.05) is 19.8 Å². The lowest BCUT2D eigenvalue weighted by atomic mass is 10.4. The van der Waals surface area contributed by atoms with E-state index < -0.39 is 0 Å². The van der Waals surface area contributed by atoms with Gasteiger partial charge in [0, 0.05) is 6.54 Å². The van der Waals surface area contributed by atoms with Crippen LogP contribution >= 0.6 is 0 Å². The number of aromatic nitrogens is 3. The molecule has 0 saturated carbocycles. The zero-order valence-electron chi connectivity index (χ0n) is 8.40. The lowest BCUT2D eigenvalue weighted by Gasteiger charge is -2.03. The molecule has 15 heavy (non-hydrogen) atoms. The average molecular weight is 210 g/mol. The van der Waals surface area contributed by atoms with E-state index in [1.54, 1.807) is 6.08 Å². The zero-order valence-corrected chi connectivity index (χ0v) is 8.40. The molecule has 0 saturated heterocycles. The van der Waals surface area contributed by atoms with E-state index in [4.69, 9.17) is 4.74 Å². The molecule has 0 unspecified atom stereocenters. The molecular weight excluding hydrogens is 196 g/mol. The second kappa shape index (κ2) is 6.72. The van der Waals surface area contributed by atoms with Gasteiger partial charge in [-0.25, -0.2) is 0 Å².